The average Bonchev–Trinajstić information content (AvgIpc) is 2.36. The molecule has 5 heteroatoms. The van der Waals surface area contributed by atoms with Gasteiger partial charge in [-0.25, -0.2) is 4.79 Å². The normalized spacial score (nSPS) is 12.1. The molecule has 1 amide bonds. The molecule has 110 valence electrons. The highest BCUT2D eigenvalue weighted by Crippen LogP contribution is 2.19. The third-order valence-corrected chi connectivity index (χ3v) is 3.11. The molecule has 1 unspecified atom stereocenters. The monoisotopic (exact) mass is 279 g/mol. The largest absolute Gasteiger partial charge is 0.483 e. The SMILES string of the molecule is Cc1ccc(OCC(=O)NC(C)C(C)C)c(C(=O)O)c1. The van der Waals surface area contributed by atoms with E-state index in [0.29, 0.717) is 5.92 Å². The lowest BCUT2D eigenvalue weighted by molar-refractivity contribution is -0.124. The molecule has 0 fully saturated rings. The summed E-state index contributed by atoms with van der Waals surface area (Å²) in [4.78, 5) is 22.8. The number of ether oxygens (including phenoxy) is 1. The number of carboxylic acid groups (broad SMARTS) is 1. The third kappa shape index (κ3) is 4.57. The molecule has 0 heterocycles. The van der Waals surface area contributed by atoms with Crippen molar-refractivity contribution in [3.63, 3.8) is 0 Å². The topological polar surface area (TPSA) is 75.6 Å². The van der Waals surface area contributed by atoms with Gasteiger partial charge in [0.05, 0.1) is 0 Å². The van der Waals surface area contributed by atoms with Gasteiger partial charge < -0.3 is 15.2 Å². The fourth-order valence-corrected chi connectivity index (χ4v) is 1.54. The molecule has 0 aliphatic rings. The van der Waals surface area contributed by atoms with Crippen molar-refractivity contribution in [2.24, 2.45) is 5.92 Å². The summed E-state index contributed by atoms with van der Waals surface area (Å²) in [7, 11) is 0. The second-order valence-electron chi connectivity index (χ2n) is 5.19. The van der Waals surface area contributed by atoms with Crippen molar-refractivity contribution in [1.82, 2.24) is 5.32 Å². The highest BCUT2D eigenvalue weighted by Gasteiger charge is 2.14. The second kappa shape index (κ2) is 6.93. The third-order valence-electron chi connectivity index (χ3n) is 3.11. The molecule has 5 nitrogen and oxygen atoms in total. The van der Waals surface area contributed by atoms with Crippen LogP contribution in [0.4, 0.5) is 0 Å². The fourth-order valence-electron chi connectivity index (χ4n) is 1.54. The average molecular weight is 279 g/mol. The van der Waals surface area contributed by atoms with Gasteiger partial charge in [-0.3, -0.25) is 4.79 Å². The Morgan fingerprint density at radius 2 is 1.95 bits per heavy atom. The number of rotatable bonds is 6. The van der Waals surface area contributed by atoms with E-state index in [1.807, 2.05) is 20.8 Å². The lowest BCUT2D eigenvalue weighted by Gasteiger charge is -2.17. The van der Waals surface area contributed by atoms with Gasteiger partial charge in [-0.15, -0.1) is 0 Å². The molecule has 0 aromatic heterocycles. The Morgan fingerprint density at radius 1 is 1.30 bits per heavy atom. The molecule has 1 aromatic rings. The van der Waals surface area contributed by atoms with Crippen LogP contribution >= 0.6 is 0 Å². The van der Waals surface area contributed by atoms with Gasteiger partial charge in [-0.2, -0.15) is 0 Å². The van der Waals surface area contributed by atoms with Crippen molar-refractivity contribution < 1.29 is 19.4 Å². The van der Waals surface area contributed by atoms with E-state index in [9.17, 15) is 9.59 Å². The maximum atomic E-state index is 11.7. The smallest absolute Gasteiger partial charge is 0.339 e. The molecule has 0 aliphatic heterocycles. The summed E-state index contributed by atoms with van der Waals surface area (Å²) in [6.45, 7) is 7.54. The molecule has 0 aliphatic carbocycles. The van der Waals surface area contributed by atoms with Crippen LogP contribution in [-0.4, -0.2) is 29.6 Å². The molecule has 1 atom stereocenters. The van der Waals surface area contributed by atoms with Crippen LogP contribution in [0.15, 0.2) is 18.2 Å². The summed E-state index contributed by atoms with van der Waals surface area (Å²) in [5.41, 5.74) is 0.891. The number of carboxylic acids is 1. The van der Waals surface area contributed by atoms with E-state index >= 15 is 0 Å². The Bertz CT molecular complexity index is 497. The first-order valence-electron chi connectivity index (χ1n) is 6.57. The summed E-state index contributed by atoms with van der Waals surface area (Å²) >= 11 is 0. The Kier molecular flexibility index (Phi) is 5.55. The van der Waals surface area contributed by atoms with Crippen molar-refractivity contribution in [3.05, 3.63) is 29.3 Å². The number of aryl methyl sites for hydroxylation is 1. The zero-order chi connectivity index (χ0) is 15.3. The first kappa shape index (κ1) is 16.0. The molecule has 2 N–H and O–H groups in total. The van der Waals surface area contributed by atoms with Crippen LogP contribution in [0.3, 0.4) is 0 Å². The molecule has 0 spiro atoms. The number of hydrogen-bond donors (Lipinski definition) is 2. The second-order valence-corrected chi connectivity index (χ2v) is 5.19. The van der Waals surface area contributed by atoms with E-state index in [1.165, 1.54) is 6.07 Å². The molecule has 20 heavy (non-hydrogen) atoms. The molecule has 0 radical (unpaired) electrons. The molecule has 0 saturated carbocycles. The summed E-state index contributed by atoms with van der Waals surface area (Å²) in [6.07, 6.45) is 0. The predicted octanol–water partition coefficient (Wildman–Crippen LogP) is 2.23. The van der Waals surface area contributed by atoms with Crippen molar-refractivity contribution in [3.8, 4) is 5.75 Å². The first-order valence-corrected chi connectivity index (χ1v) is 6.57. The lowest BCUT2D eigenvalue weighted by atomic mass is 10.1. The number of benzene rings is 1. The molecular weight excluding hydrogens is 258 g/mol. The van der Waals surface area contributed by atoms with Crippen LogP contribution in [0, 0.1) is 12.8 Å². The minimum absolute atomic E-state index is 0.0445. The van der Waals surface area contributed by atoms with E-state index in [-0.39, 0.29) is 29.9 Å². The molecule has 0 saturated heterocycles. The number of carbonyl (C=O) groups excluding carboxylic acids is 1. The van der Waals surface area contributed by atoms with Crippen LogP contribution < -0.4 is 10.1 Å². The van der Waals surface area contributed by atoms with Crippen LogP contribution in [0.2, 0.25) is 0 Å². The highest BCUT2D eigenvalue weighted by molar-refractivity contribution is 5.91. The Labute approximate surface area is 118 Å². The van der Waals surface area contributed by atoms with Crippen molar-refractivity contribution >= 4 is 11.9 Å². The van der Waals surface area contributed by atoms with Gasteiger partial charge in [0.15, 0.2) is 6.61 Å². The highest BCUT2D eigenvalue weighted by atomic mass is 16.5. The van der Waals surface area contributed by atoms with E-state index in [2.05, 4.69) is 5.32 Å². The summed E-state index contributed by atoms with van der Waals surface area (Å²) in [6, 6.07) is 4.88. The van der Waals surface area contributed by atoms with Gasteiger partial charge in [0.2, 0.25) is 0 Å². The zero-order valence-electron chi connectivity index (χ0n) is 12.3. The van der Waals surface area contributed by atoms with E-state index < -0.39 is 5.97 Å². The minimum Gasteiger partial charge on any atom is -0.483 e. The zero-order valence-corrected chi connectivity index (χ0v) is 12.3. The number of aromatic carboxylic acids is 1. The molecular formula is C15H21NO4. The van der Waals surface area contributed by atoms with E-state index in [1.54, 1.807) is 19.1 Å². The van der Waals surface area contributed by atoms with Gasteiger partial charge >= 0.3 is 5.97 Å². The van der Waals surface area contributed by atoms with E-state index in [4.69, 9.17) is 9.84 Å². The summed E-state index contributed by atoms with van der Waals surface area (Å²) in [5, 5.41) is 11.9. The van der Waals surface area contributed by atoms with Crippen LogP contribution in [-0.2, 0) is 4.79 Å². The summed E-state index contributed by atoms with van der Waals surface area (Å²) < 4.78 is 5.30. The lowest BCUT2D eigenvalue weighted by Crippen LogP contribution is -2.39. The van der Waals surface area contributed by atoms with Gasteiger partial charge in [0, 0.05) is 6.04 Å². The number of carbonyl (C=O) groups is 2. The minimum atomic E-state index is -1.07. The Morgan fingerprint density at radius 3 is 2.50 bits per heavy atom. The Hall–Kier alpha value is -2.04. The molecule has 0 bridgehead atoms. The molecule has 1 rings (SSSR count). The van der Waals surface area contributed by atoms with Crippen molar-refractivity contribution in [2.45, 2.75) is 33.7 Å². The van der Waals surface area contributed by atoms with Gasteiger partial charge in [0.1, 0.15) is 11.3 Å². The Balaban J connectivity index is 2.66. The van der Waals surface area contributed by atoms with Crippen molar-refractivity contribution in [2.75, 3.05) is 6.61 Å². The van der Waals surface area contributed by atoms with Gasteiger partial charge in [0.25, 0.3) is 5.91 Å². The van der Waals surface area contributed by atoms with Crippen molar-refractivity contribution in [1.29, 1.82) is 0 Å². The standard InChI is InChI=1S/C15H21NO4/c1-9(2)11(4)16-14(17)8-20-13-6-5-10(3)7-12(13)15(18)19/h5-7,9,11H,8H2,1-4H3,(H,16,17)(H,18,19). The maximum Gasteiger partial charge on any atom is 0.339 e. The number of nitrogens with one attached hydrogen (secondary N) is 1. The van der Waals surface area contributed by atoms with Crippen LogP contribution in [0.25, 0.3) is 0 Å². The van der Waals surface area contributed by atoms with Gasteiger partial charge in [-0.05, 0) is 31.9 Å². The fraction of sp³-hybridized carbons (Fsp3) is 0.467. The quantitative estimate of drug-likeness (QED) is 0.837. The predicted molar refractivity (Wildman–Crippen MR) is 76.1 cm³/mol. The number of hydrogen-bond acceptors (Lipinski definition) is 3. The number of amides is 1. The van der Waals surface area contributed by atoms with Gasteiger partial charge in [-0.1, -0.05) is 25.5 Å². The van der Waals surface area contributed by atoms with Crippen LogP contribution in [0.1, 0.15) is 36.7 Å². The first-order chi connectivity index (χ1) is 9.31. The van der Waals surface area contributed by atoms with Crippen LogP contribution in [0.5, 0.6) is 5.75 Å². The maximum absolute atomic E-state index is 11.7. The van der Waals surface area contributed by atoms with E-state index in [0.717, 1.165) is 5.56 Å². The summed E-state index contributed by atoms with van der Waals surface area (Å²) in [5.74, 6) is -0.800. The molecule has 1 aromatic carbocycles.